The smallest absolute Gasteiger partial charge is 0.412 e. The molecule has 2 saturated heterocycles. The van der Waals surface area contributed by atoms with Crippen molar-refractivity contribution in [1.29, 1.82) is 0 Å². The van der Waals surface area contributed by atoms with Crippen molar-refractivity contribution in [1.82, 2.24) is 9.80 Å². The zero-order valence-corrected chi connectivity index (χ0v) is 28.7. The molecular weight excluding hydrogens is 666 g/mol. The first-order valence-corrected chi connectivity index (χ1v) is 16.3. The maximum Gasteiger partial charge on any atom is 0.412 e. The zero-order valence-electron chi connectivity index (χ0n) is 28.7. The van der Waals surface area contributed by atoms with Crippen LogP contribution in [0.5, 0.6) is 11.5 Å². The minimum atomic E-state index is -1.45. The number of rotatable bonds is 12. The summed E-state index contributed by atoms with van der Waals surface area (Å²) in [5.41, 5.74) is 1.13. The topological polar surface area (TPSA) is 146 Å². The molecule has 1 atom stereocenters. The fraction of sp³-hybridized carbons (Fsp3) is 0.342. The van der Waals surface area contributed by atoms with Gasteiger partial charge in [0.25, 0.3) is 0 Å². The van der Waals surface area contributed by atoms with Crippen molar-refractivity contribution in [3.8, 4) is 11.5 Å². The molecule has 2 fully saturated rings. The van der Waals surface area contributed by atoms with E-state index in [1.165, 1.54) is 29.2 Å². The largest absolute Gasteiger partial charge is 0.493 e. The van der Waals surface area contributed by atoms with Crippen molar-refractivity contribution >= 4 is 23.6 Å². The molecule has 0 radical (unpaired) electrons. The van der Waals surface area contributed by atoms with E-state index in [0.717, 1.165) is 28.8 Å². The van der Waals surface area contributed by atoms with E-state index in [0.29, 0.717) is 69.0 Å². The molecule has 2 heterocycles. The van der Waals surface area contributed by atoms with E-state index < -0.39 is 29.4 Å². The van der Waals surface area contributed by atoms with Crippen LogP contribution in [0.2, 0.25) is 0 Å². The molecule has 2 aliphatic heterocycles. The lowest BCUT2D eigenvalue weighted by Crippen LogP contribution is -2.60. The fourth-order valence-corrected chi connectivity index (χ4v) is 6.24. The van der Waals surface area contributed by atoms with Crippen LogP contribution in [0.15, 0.2) is 85.0 Å². The lowest BCUT2D eigenvalue weighted by Gasteiger charge is -2.45. The third-order valence-corrected chi connectivity index (χ3v) is 9.10. The van der Waals surface area contributed by atoms with Gasteiger partial charge in [0.05, 0.1) is 14.2 Å². The summed E-state index contributed by atoms with van der Waals surface area (Å²) >= 11 is 0. The Hall–Kier alpha value is -5.27. The molecule has 272 valence electrons. The third-order valence-electron chi connectivity index (χ3n) is 9.10. The molecule has 1 spiro atoms. The summed E-state index contributed by atoms with van der Waals surface area (Å²) in [4.78, 5) is 35.8. The molecule has 3 aromatic rings. The van der Waals surface area contributed by atoms with Gasteiger partial charge < -0.3 is 34.4 Å². The Labute approximate surface area is 295 Å². The molecular formula is C38H42F2N2O9. The Morgan fingerprint density at radius 1 is 0.843 bits per heavy atom. The molecule has 0 saturated carbocycles. The summed E-state index contributed by atoms with van der Waals surface area (Å²) in [6.07, 6.45) is 4.94. The van der Waals surface area contributed by atoms with Gasteiger partial charge in [0, 0.05) is 51.2 Å². The Kier molecular flexibility index (Phi) is 12.9. The zero-order chi connectivity index (χ0) is 37.2. The molecule has 1 amide bonds. The van der Waals surface area contributed by atoms with Gasteiger partial charge in [-0.15, -0.1) is 0 Å². The maximum absolute atomic E-state index is 13.6. The summed E-state index contributed by atoms with van der Waals surface area (Å²) in [5, 5.41) is 27.3. The highest BCUT2D eigenvalue weighted by molar-refractivity contribution is 5.89. The minimum absolute atomic E-state index is 0.299. The lowest BCUT2D eigenvalue weighted by molar-refractivity contribution is -0.164. The number of hydrogen-bond donors (Lipinski definition) is 3. The predicted molar refractivity (Wildman–Crippen MR) is 184 cm³/mol. The van der Waals surface area contributed by atoms with E-state index in [4.69, 9.17) is 24.4 Å². The van der Waals surface area contributed by atoms with Crippen LogP contribution >= 0.6 is 0 Å². The summed E-state index contributed by atoms with van der Waals surface area (Å²) in [6, 6.07) is 18.2. The monoisotopic (exact) mass is 708 g/mol. The van der Waals surface area contributed by atoms with E-state index in [1.807, 2.05) is 18.2 Å². The van der Waals surface area contributed by atoms with Crippen LogP contribution in [0.3, 0.4) is 0 Å². The van der Waals surface area contributed by atoms with Crippen molar-refractivity contribution < 1.29 is 52.7 Å². The number of carboxylic acids is 2. The highest BCUT2D eigenvalue weighted by Crippen LogP contribution is 2.44. The maximum atomic E-state index is 13.6. The number of hydrogen-bond acceptors (Lipinski definition) is 8. The van der Waals surface area contributed by atoms with Gasteiger partial charge in [-0.25, -0.2) is 23.2 Å². The second kappa shape index (κ2) is 17.1. The second-order valence-corrected chi connectivity index (χ2v) is 12.2. The predicted octanol–water partition coefficient (Wildman–Crippen LogP) is 5.75. The number of amides is 1. The number of ether oxygens (including phenoxy) is 3. The van der Waals surface area contributed by atoms with Crippen LogP contribution in [0.25, 0.3) is 5.57 Å². The summed E-state index contributed by atoms with van der Waals surface area (Å²) in [7, 11) is 3.16. The first-order valence-electron chi connectivity index (χ1n) is 16.3. The van der Waals surface area contributed by atoms with Gasteiger partial charge in [-0.3, -0.25) is 4.90 Å². The molecule has 13 heteroatoms. The number of methoxy groups -OCH3 is 2. The number of likely N-dealkylation sites (tertiary alicyclic amines) is 1. The van der Waals surface area contributed by atoms with Gasteiger partial charge >= 0.3 is 18.0 Å². The number of halogens is 2. The van der Waals surface area contributed by atoms with Crippen LogP contribution in [0, 0.1) is 11.6 Å². The Bertz CT molecular complexity index is 1670. The molecule has 0 bridgehead atoms. The fourth-order valence-electron chi connectivity index (χ4n) is 6.24. The average molecular weight is 709 g/mol. The van der Waals surface area contributed by atoms with Crippen LogP contribution in [-0.4, -0.2) is 94.9 Å². The number of carbonyl (C=O) groups is 3. The molecule has 5 rings (SSSR count). The molecule has 3 N–H and O–H groups in total. The molecule has 51 heavy (non-hydrogen) atoms. The van der Waals surface area contributed by atoms with Crippen molar-refractivity contribution in [3.63, 3.8) is 0 Å². The Morgan fingerprint density at radius 3 is 1.86 bits per heavy atom. The molecule has 0 aromatic heterocycles. The van der Waals surface area contributed by atoms with Crippen molar-refractivity contribution in [2.45, 2.75) is 43.9 Å². The van der Waals surface area contributed by atoms with Gasteiger partial charge in [0.2, 0.25) is 0 Å². The van der Waals surface area contributed by atoms with Crippen LogP contribution in [-0.2, 0) is 20.7 Å². The highest BCUT2D eigenvalue weighted by atomic mass is 19.1. The number of aliphatic carboxylic acids is 2. The standard InChI is InChI=1S/C34H38F2N2O5.C4H4O4/c1-33(40)34(43-32(39)38(33)20-16-24-6-15-30(41-2)31(23-24)42-3)17-21-37(22-18-34)19-4-5-29(25-7-11-27(35)12-8-25)26-9-13-28(36)14-10-26;5-3(6)1-2-4(7)8/h5-15,23,40H,4,16-22H2,1-3H3;1-2H,(H,5,6)(H,7,8). The van der Waals surface area contributed by atoms with Gasteiger partial charge in [-0.1, -0.05) is 36.4 Å². The number of aliphatic hydroxyl groups is 1. The third kappa shape index (κ3) is 9.71. The second-order valence-electron chi connectivity index (χ2n) is 12.2. The number of benzene rings is 3. The first-order chi connectivity index (χ1) is 24.3. The van der Waals surface area contributed by atoms with E-state index in [-0.39, 0.29) is 11.6 Å². The Morgan fingerprint density at radius 2 is 1.37 bits per heavy atom. The van der Waals surface area contributed by atoms with Crippen LogP contribution < -0.4 is 9.47 Å². The SMILES string of the molecule is COc1ccc(CCN2C(=O)OC3(CCN(CCC=C(c4ccc(F)cc4)c4ccc(F)cc4)CC3)C2(C)O)cc1OC.O=C(O)C=CC(=O)O. The number of nitrogens with zero attached hydrogens (tertiary/aromatic N) is 2. The molecule has 3 aromatic carbocycles. The van der Waals surface area contributed by atoms with E-state index >= 15 is 0 Å². The molecule has 0 aliphatic carbocycles. The van der Waals surface area contributed by atoms with Gasteiger partial charge in [-0.05, 0) is 78.4 Å². The number of carboxylic acid groups (broad SMARTS) is 2. The first kappa shape index (κ1) is 38.5. The molecule has 2 aliphatic rings. The van der Waals surface area contributed by atoms with Crippen molar-refractivity contribution in [2.75, 3.05) is 40.4 Å². The summed E-state index contributed by atoms with van der Waals surface area (Å²) < 4.78 is 43.7. The summed E-state index contributed by atoms with van der Waals surface area (Å²) in [5.74, 6) is -1.90. The number of piperidine rings is 1. The highest BCUT2D eigenvalue weighted by Gasteiger charge is 2.62. The van der Waals surface area contributed by atoms with Crippen LogP contribution in [0.4, 0.5) is 13.6 Å². The lowest BCUT2D eigenvalue weighted by atomic mass is 9.82. The average Bonchev–Trinajstić information content (AvgIpc) is 3.29. The van der Waals surface area contributed by atoms with E-state index in [2.05, 4.69) is 11.0 Å². The summed E-state index contributed by atoms with van der Waals surface area (Å²) in [6.45, 7) is 4.03. The van der Waals surface area contributed by atoms with Gasteiger partial charge in [0.15, 0.2) is 22.8 Å². The number of carbonyl (C=O) groups excluding carboxylic acids is 1. The van der Waals surface area contributed by atoms with Crippen LogP contribution in [0.1, 0.15) is 42.9 Å². The van der Waals surface area contributed by atoms with Gasteiger partial charge in [0.1, 0.15) is 11.6 Å². The van der Waals surface area contributed by atoms with Crippen molar-refractivity contribution in [2.24, 2.45) is 0 Å². The normalized spacial score (nSPS) is 18.2. The minimum Gasteiger partial charge on any atom is -0.493 e. The van der Waals surface area contributed by atoms with Gasteiger partial charge in [-0.2, -0.15) is 0 Å². The molecule has 1 unspecified atom stereocenters. The van der Waals surface area contributed by atoms with Crippen molar-refractivity contribution in [3.05, 3.63) is 113 Å². The Balaban J connectivity index is 0.000000652. The van der Waals surface area contributed by atoms with E-state index in [1.54, 1.807) is 45.4 Å². The molecule has 11 nitrogen and oxygen atoms in total. The van der Waals surface area contributed by atoms with E-state index in [9.17, 15) is 28.3 Å². The quantitative estimate of drug-likeness (QED) is 0.199.